The molecule has 1 aromatic carbocycles. The summed E-state index contributed by atoms with van der Waals surface area (Å²) in [5.41, 5.74) is 8.53. The quantitative estimate of drug-likeness (QED) is 0.651. The minimum atomic E-state index is -0.654. The molecule has 0 bridgehead atoms. The van der Waals surface area contributed by atoms with E-state index in [0.29, 0.717) is 0 Å². The number of hydrogen-bond donors (Lipinski definition) is 3. The second kappa shape index (κ2) is 8.48. The summed E-state index contributed by atoms with van der Waals surface area (Å²) in [5, 5.41) is 21.6. The molecule has 4 rings (SSSR count). The Hall–Kier alpha value is -2.64. The zero-order valence-electron chi connectivity index (χ0n) is 18.2. The van der Waals surface area contributed by atoms with Crippen molar-refractivity contribution in [2.75, 3.05) is 18.1 Å². The average molecular weight is 428 g/mol. The zero-order valence-corrected chi connectivity index (χ0v) is 18.2. The third-order valence-corrected chi connectivity index (χ3v) is 6.24. The number of fused-ring (bicyclic) bond motifs is 1. The topological polar surface area (TPSA) is 76.0 Å². The Labute approximate surface area is 182 Å². The minimum absolute atomic E-state index is 0.0301. The number of benzene rings is 1. The lowest BCUT2D eigenvalue weighted by molar-refractivity contribution is -0.137. The molecule has 1 aliphatic heterocycles. The maximum absolute atomic E-state index is 13.4. The summed E-state index contributed by atoms with van der Waals surface area (Å²) in [6.07, 6.45) is 4.31. The molecule has 7 heteroatoms. The van der Waals surface area contributed by atoms with Gasteiger partial charge in [0.15, 0.2) is 0 Å². The van der Waals surface area contributed by atoms with Crippen LogP contribution in [-0.4, -0.2) is 46.3 Å². The summed E-state index contributed by atoms with van der Waals surface area (Å²) < 4.78 is 13.3. The average Bonchev–Trinajstić information content (AvgIpc) is 3.32. The standard InChI is InChI=1S/C24H30FN3O3/c1-14(29)12-27(13-15(2)30)24(31)20-9-4-17-10-22-21(16(3)23(17)20)11-26-28(22)19-7-5-18(25)6-8-19/h5-8,10-11,14-16,20,26,29-30H,4,9,12-13H2,1-3H3/t14-,15?,16+,20+/m1/s1. The van der Waals surface area contributed by atoms with Gasteiger partial charge in [0, 0.05) is 30.8 Å². The summed E-state index contributed by atoms with van der Waals surface area (Å²) in [7, 11) is 0. The van der Waals surface area contributed by atoms with E-state index in [1.807, 2.05) is 11.2 Å². The number of halogens is 1. The van der Waals surface area contributed by atoms with E-state index in [9.17, 15) is 19.4 Å². The smallest absolute Gasteiger partial charge is 0.230 e. The van der Waals surface area contributed by atoms with E-state index >= 15 is 0 Å². The molecule has 1 amide bonds. The van der Waals surface area contributed by atoms with Crippen LogP contribution in [0.2, 0.25) is 0 Å². The van der Waals surface area contributed by atoms with Crippen LogP contribution in [0, 0.1) is 17.7 Å². The maximum atomic E-state index is 13.4. The Morgan fingerprint density at radius 2 is 1.87 bits per heavy atom. The molecule has 1 unspecified atom stereocenters. The van der Waals surface area contributed by atoms with Gasteiger partial charge in [-0.1, -0.05) is 6.92 Å². The third-order valence-electron chi connectivity index (χ3n) is 6.24. The first kappa shape index (κ1) is 21.6. The van der Waals surface area contributed by atoms with E-state index in [1.54, 1.807) is 30.9 Å². The van der Waals surface area contributed by atoms with Crippen LogP contribution in [-0.2, 0) is 4.79 Å². The molecule has 166 valence electrons. The molecule has 0 radical (unpaired) electrons. The summed E-state index contributed by atoms with van der Waals surface area (Å²) >= 11 is 0. The first-order valence-electron chi connectivity index (χ1n) is 10.9. The number of hydrazine groups is 1. The number of amides is 1. The van der Waals surface area contributed by atoms with E-state index in [1.165, 1.54) is 17.7 Å². The second-order valence-corrected chi connectivity index (χ2v) is 8.80. The second-order valence-electron chi connectivity index (χ2n) is 8.80. The number of anilines is 1. The number of carbonyl (C=O) groups is 1. The van der Waals surface area contributed by atoms with Gasteiger partial charge in [0.1, 0.15) is 5.82 Å². The van der Waals surface area contributed by atoms with Gasteiger partial charge in [0.05, 0.1) is 29.5 Å². The molecule has 0 saturated carbocycles. The van der Waals surface area contributed by atoms with Crippen LogP contribution in [0.5, 0.6) is 0 Å². The highest BCUT2D eigenvalue weighted by molar-refractivity contribution is 5.84. The Morgan fingerprint density at radius 3 is 2.48 bits per heavy atom. The monoisotopic (exact) mass is 427 g/mol. The predicted molar refractivity (Wildman–Crippen MR) is 117 cm³/mol. The van der Waals surface area contributed by atoms with Gasteiger partial charge in [-0.05, 0) is 68.2 Å². The highest BCUT2D eigenvalue weighted by atomic mass is 19.1. The summed E-state index contributed by atoms with van der Waals surface area (Å²) in [6.45, 7) is 5.84. The maximum Gasteiger partial charge on any atom is 0.230 e. The number of nitrogens with one attached hydrogen (secondary N) is 1. The first-order chi connectivity index (χ1) is 14.8. The highest BCUT2D eigenvalue weighted by Gasteiger charge is 2.42. The molecule has 1 heterocycles. The number of hydrogen-bond acceptors (Lipinski definition) is 5. The molecule has 0 fully saturated rings. The molecular formula is C24H30FN3O3. The van der Waals surface area contributed by atoms with Crippen molar-refractivity contribution in [2.45, 2.75) is 45.8 Å². The number of carbonyl (C=O) groups excluding carboxylic acids is 1. The van der Waals surface area contributed by atoms with Crippen molar-refractivity contribution in [2.24, 2.45) is 11.8 Å². The molecular weight excluding hydrogens is 397 g/mol. The van der Waals surface area contributed by atoms with Gasteiger partial charge in [-0.15, -0.1) is 0 Å². The van der Waals surface area contributed by atoms with Crippen molar-refractivity contribution in [3.8, 4) is 0 Å². The van der Waals surface area contributed by atoms with Crippen molar-refractivity contribution in [3.05, 3.63) is 64.8 Å². The summed E-state index contributed by atoms with van der Waals surface area (Å²) in [5.74, 6) is -0.494. The lowest BCUT2D eigenvalue weighted by Crippen LogP contribution is -2.44. The largest absolute Gasteiger partial charge is 0.392 e. The van der Waals surface area contributed by atoms with Crippen LogP contribution in [0.25, 0.3) is 0 Å². The van der Waals surface area contributed by atoms with Gasteiger partial charge in [-0.2, -0.15) is 0 Å². The third kappa shape index (κ3) is 4.12. The predicted octanol–water partition coefficient (Wildman–Crippen LogP) is 2.86. The number of allylic oxidation sites excluding steroid dienone is 3. The fraction of sp³-hybridized carbons (Fsp3) is 0.458. The molecule has 3 aliphatic rings. The highest BCUT2D eigenvalue weighted by Crippen LogP contribution is 2.48. The van der Waals surface area contributed by atoms with Crippen LogP contribution >= 0.6 is 0 Å². The molecule has 0 aromatic heterocycles. The lowest BCUT2D eigenvalue weighted by atomic mass is 9.80. The summed E-state index contributed by atoms with van der Waals surface area (Å²) in [4.78, 5) is 15.0. The Bertz CT molecular complexity index is 939. The normalized spacial score (nSPS) is 24.1. The molecule has 0 spiro atoms. The first-order valence-corrected chi connectivity index (χ1v) is 10.9. The van der Waals surface area contributed by atoms with E-state index in [-0.39, 0.29) is 36.6 Å². The van der Waals surface area contributed by atoms with Crippen LogP contribution in [0.4, 0.5) is 10.1 Å². The Kier molecular flexibility index (Phi) is 5.90. The molecule has 4 atom stereocenters. The van der Waals surface area contributed by atoms with Gasteiger partial charge in [0.25, 0.3) is 0 Å². The number of rotatable bonds is 6. The van der Waals surface area contributed by atoms with Crippen molar-refractivity contribution in [3.63, 3.8) is 0 Å². The van der Waals surface area contributed by atoms with Crippen LogP contribution in [0.3, 0.4) is 0 Å². The van der Waals surface area contributed by atoms with Crippen LogP contribution in [0.1, 0.15) is 33.6 Å². The Balaban J connectivity index is 1.62. The molecule has 1 aromatic rings. The van der Waals surface area contributed by atoms with Gasteiger partial charge >= 0.3 is 0 Å². The molecule has 6 nitrogen and oxygen atoms in total. The van der Waals surface area contributed by atoms with Gasteiger partial charge in [-0.25, -0.2) is 4.39 Å². The number of nitrogens with zero attached hydrogens (tertiary/aromatic N) is 2. The van der Waals surface area contributed by atoms with Crippen molar-refractivity contribution < 1.29 is 19.4 Å². The molecule has 3 N–H and O–H groups in total. The van der Waals surface area contributed by atoms with E-state index in [0.717, 1.165) is 35.4 Å². The summed E-state index contributed by atoms with van der Waals surface area (Å²) in [6, 6.07) is 6.35. The van der Waals surface area contributed by atoms with Gasteiger partial charge < -0.3 is 20.5 Å². The van der Waals surface area contributed by atoms with Crippen molar-refractivity contribution >= 4 is 11.6 Å². The van der Waals surface area contributed by atoms with Crippen LogP contribution in [0.15, 0.2) is 59.0 Å². The van der Waals surface area contributed by atoms with Crippen molar-refractivity contribution in [1.29, 1.82) is 0 Å². The fourth-order valence-corrected chi connectivity index (χ4v) is 4.97. The van der Waals surface area contributed by atoms with Crippen LogP contribution < -0.4 is 10.4 Å². The minimum Gasteiger partial charge on any atom is -0.392 e. The molecule has 0 saturated heterocycles. The van der Waals surface area contributed by atoms with Gasteiger partial charge in [-0.3, -0.25) is 9.80 Å². The van der Waals surface area contributed by atoms with Gasteiger partial charge in [0.2, 0.25) is 5.91 Å². The van der Waals surface area contributed by atoms with E-state index < -0.39 is 12.2 Å². The molecule has 31 heavy (non-hydrogen) atoms. The van der Waals surface area contributed by atoms with Crippen molar-refractivity contribution in [1.82, 2.24) is 10.3 Å². The van der Waals surface area contributed by atoms with E-state index in [4.69, 9.17) is 0 Å². The number of aliphatic hydroxyl groups excluding tert-OH is 2. The SMILES string of the molecule is CC(O)CN(C[C@@H](C)O)C(=O)[C@H]1CCC2=C1[C@@H](C)C1=CNN(c3ccc(F)cc3)C1=C2. The lowest BCUT2D eigenvalue weighted by Gasteiger charge is -2.32. The fourth-order valence-electron chi connectivity index (χ4n) is 4.97. The molecule has 2 aliphatic carbocycles. The van der Waals surface area contributed by atoms with E-state index in [2.05, 4.69) is 18.4 Å². The Morgan fingerprint density at radius 1 is 1.23 bits per heavy atom. The number of aliphatic hydroxyl groups is 2. The zero-order chi connectivity index (χ0) is 22.3.